The first-order valence-corrected chi connectivity index (χ1v) is 8.40. The van der Waals surface area contributed by atoms with Gasteiger partial charge in [0.15, 0.2) is 11.4 Å². The Bertz CT molecular complexity index is 968. The molecule has 146 valence electrons. The smallest absolute Gasteiger partial charge is 0.416 e. The van der Waals surface area contributed by atoms with Crippen molar-refractivity contribution in [2.24, 2.45) is 0 Å². The Morgan fingerprint density at radius 2 is 1.86 bits per heavy atom. The lowest BCUT2D eigenvalue weighted by molar-refractivity contribution is -0.137. The van der Waals surface area contributed by atoms with Gasteiger partial charge in [0.05, 0.1) is 24.6 Å². The summed E-state index contributed by atoms with van der Waals surface area (Å²) in [7, 11) is 3.00. The normalized spacial score (nSPS) is 11.3. The highest BCUT2D eigenvalue weighted by molar-refractivity contribution is 5.94. The summed E-state index contributed by atoms with van der Waals surface area (Å²) in [5, 5.41) is 4.17. The van der Waals surface area contributed by atoms with Crippen LogP contribution in [-0.2, 0) is 12.7 Å². The summed E-state index contributed by atoms with van der Waals surface area (Å²) >= 11 is 0. The van der Waals surface area contributed by atoms with Crippen molar-refractivity contribution in [3.05, 3.63) is 77.6 Å². The summed E-state index contributed by atoms with van der Waals surface area (Å²) in [5.74, 6) is -0.214. The lowest BCUT2D eigenvalue weighted by Gasteiger charge is -2.16. The first kappa shape index (κ1) is 19.5. The van der Waals surface area contributed by atoms with E-state index in [1.165, 1.54) is 35.0 Å². The largest absolute Gasteiger partial charge is 0.493 e. The number of nitrogens with zero attached hydrogens (tertiary/aromatic N) is 3. The minimum absolute atomic E-state index is 0.0262. The van der Waals surface area contributed by atoms with Crippen LogP contribution in [0.1, 0.15) is 21.6 Å². The van der Waals surface area contributed by atoms with E-state index in [2.05, 4.69) is 5.10 Å². The van der Waals surface area contributed by atoms with Crippen molar-refractivity contribution in [3.8, 4) is 11.4 Å². The van der Waals surface area contributed by atoms with E-state index >= 15 is 0 Å². The van der Waals surface area contributed by atoms with Crippen molar-refractivity contribution in [3.63, 3.8) is 0 Å². The molecule has 1 amide bonds. The number of benzene rings is 2. The maximum atomic E-state index is 13.0. The molecule has 1 aromatic heterocycles. The minimum atomic E-state index is -4.47. The fourth-order valence-electron chi connectivity index (χ4n) is 2.72. The number of halogens is 3. The van der Waals surface area contributed by atoms with Crippen LogP contribution in [0.3, 0.4) is 0 Å². The lowest BCUT2D eigenvalue weighted by Crippen LogP contribution is -2.27. The van der Waals surface area contributed by atoms with Gasteiger partial charge in [-0.2, -0.15) is 18.3 Å². The second-order valence-electron chi connectivity index (χ2n) is 6.19. The van der Waals surface area contributed by atoms with Crippen LogP contribution in [0.15, 0.2) is 60.8 Å². The summed E-state index contributed by atoms with van der Waals surface area (Å²) in [4.78, 5) is 14.3. The van der Waals surface area contributed by atoms with E-state index in [4.69, 9.17) is 4.74 Å². The van der Waals surface area contributed by atoms with Crippen LogP contribution in [0.25, 0.3) is 5.69 Å². The van der Waals surface area contributed by atoms with Crippen LogP contribution in [0.5, 0.6) is 5.75 Å². The summed E-state index contributed by atoms with van der Waals surface area (Å²) in [6.45, 7) is 0.360. The zero-order valence-electron chi connectivity index (χ0n) is 15.3. The van der Waals surface area contributed by atoms with Crippen molar-refractivity contribution in [2.75, 3.05) is 14.2 Å². The molecule has 5 nitrogen and oxygen atoms in total. The fraction of sp³-hybridized carbons (Fsp3) is 0.200. The summed E-state index contributed by atoms with van der Waals surface area (Å²) in [5.41, 5.74) is 0.347. The van der Waals surface area contributed by atoms with Gasteiger partial charge in [-0.25, -0.2) is 4.68 Å². The van der Waals surface area contributed by atoms with Gasteiger partial charge >= 0.3 is 6.18 Å². The van der Waals surface area contributed by atoms with Gasteiger partial charge < -0.3 is 9.64 Å². The minimum Gasteiger partial charge on any atom is -0.493 e. The Labute approximate surface area is 160 Å². The van der Waals surface area contributed by atoms with Crippen LogP contribution >= 0.6 is 0 Å². The molecule has 0 aliphatic rings. The van der Waals surface area contributed by atoms with Gasteiger partial charge in [-0.15, -0.1) is 0 Å². The molecular formula is C20H18F3N3O2. The Hall–Kier alpha value is -3.29. The number of ether oxygens (including phenoxy) is 1. The molecule has 1 heterocycles. The van der Waals surface area contributed by atoms with E-state index in [-0.39, 0.29) is 17.1 Å². The summed E-state index contributed by atoms with van der Waals surface area (Å²) in [6, 6.07) is 14.1. The van der Waals surface area contributed by atoms with Gasteiger partial charge in [0.1, 0.15) is 0 Å². The highest BCUT2D eigenvalue weighted by atomic mass is 19.4. The molecule has 28 heavy (non-hydrogen) atoms. The van der Waals surface area contributed by atoms with Gasteiger partial charge in [-0.3, -0.25) is 4.79 Å². The van der Waals surface area contributed by atoms with Gasteiger partial charge in [-0.05, 0) is 23.8 Å². The van der Waals surface area contributed by atoms with Gasteiger partial charge in [0, 0.05) is 13.6 Å². The molecule has 0 saturated carbocycles. The Morgan fingerprint density at radius 1 is 1.14 bits per heavy atom. The number of carbonyl (C=O) groups excluding carboxylic acids is 1. The molecular weight excluding hydrogens is 371 g/mol. The number of methoxy groups -OCH3 is 1. The number of amides is 1. The number of aromatic nitrogens is 2. The molecule has 0 saturated heterocycles. The first-order chi connectivity index (χ1) is 13.3. The van der Waals surface area contributed by atoms with Gasteiger partial charge in [0.2, 0.25) is 0 Å². The zero-order chi connectivity index (χ0) is 20.3. The van der Waals surface area contributed by atoms with E-state index in [9.17, 15) is 18.0 Å². The quantitative estimate of drug-likeness (QED) is 0.658. The second kappa shape index (κ2) is 7.75. The van der Waals surface area contributed by atoms with E-state index in [1.807, 2.05) is 30.3 Å². The highest BCUT2D eigenvalue weighted by Crippen LogP contribution is 2.31. The average molecular weight is 389 g/mol. The number of hydrogen-bond acceptors (Lipinski definition) is 3. The molecule has 0 spiro atoms. The van der Waals surface area contributed by atoms with Crippen LogP contribution in [0, 0.1) is 0 Å². The van der Waals surface area contributed by atoms with Crippen molar-refractivity contribution in [1.82, 2.24) is 14.7 Å². The Morgan fingerprint density at radius 3 is 2.50 bits per heavy atom. The topological polar surface area (TPSA) is 47.4 Å². The highest BCUT2D eigenvalue weighted by Gasteiger charge is 2.31. The molecule has 0 aliphatic heterocycles. The summed E-state index contributed by atoms with van der Waals surface area (Å²) in [6.07, 6.45) is -3.08. The average Bonchev–Trinajstić information content (AvgIpc) is 3.12. The van der Waals surface area contributed by atoms with Crippen LogP contribution < -0.4 is 4.74 Å². The molecule has 2 aromatic carbocycles. The van der Waals surface area contributed by atoms with Crippen molar-refractivity contribution in [1.29, 1.82) is 0 Å². The van der Waals surface area contributed by atoms with E-state index < -0.39 is 17.6 Å². The number of rotatable bonds is 5. The number of hydrogen-bond donors (Lipinski definition) is 0. The van der Waals surface area contributed by atoms with Crippen molar-refractivity contribution >= 4 is 5.91 Å². The monoisotopic (exact) mass is 389 g/mol. The summed E-state index contributed by atoms with van der Waals surface area (Å²) < 4.78 is 45.3. The first-order valence-electron chi connectivity index (χ1n) is 8.40. The fourth-order valence-corrected chi connectivity index (χ4v) is 2.72. The zero-order valence-corrected chi connectivity index (χ0v) is 15.3. The Balaban J connectivity index is 1.89. The third kappa shape index (κ3) is 4.16. The third-order valence-corrected chi connectivity index (χ3v) is 4.15. The maximum absolute atomic E-state index is 13.0. The van der Waals surface area contributed by atoms with Crippen molar-refractivity contribution in [2.45, 2.75) is 12.7 Å². The molecule has 0 aliphatic carbocycles. The molecule has 0 radical (unpaired) electrons. The second-order valence-corrected chi connectivity index (χ2v) is 6.19. The molecule has 0 N–H and O–H groups in total. The van der Waals surface area contributed by atoms with Crippen molar-refractivity contribution < 1.29 is 22.7 Å². The third-order valence-electron chi connectivity index (χ3n) is 4.15. The molecule has 3 rings (SSSR count). The molecule has 8 heteroatoms. The van der Waals surface area contributed by atoms with Crippen LogP contribution in [0.4, 0.5) is 13.2 Å². The predicted molar refractivity (Wildman–Crippen MR) is 97.4 cm³/mol. The van der Waals surface area contributed by atoms with E-state index in [0.717, 1.165) is 17.7 Å². The van der Waals surface area contributed by atoms with E-state index in [0.29, 0.717) is 6.54 Å². The standard InChI is InChI=1S/C20H18F3N3O2/c1-25(12-14-7-4-3-5-8-14)19(27)18-17(28-2)13-26(24-18)16-10-6-9-15(11-16)20(21,22)23/h3-11,13H,12H2,1-2H3. The van der Waals surface area contributed by atoms with Crippen LogP contribution in [0.2, 0.25) is 0 Å². The number of carbonyl (C=O) groups is 1. The molecule has 3 aromatic rings. The molecule has 0 atom stereocenters. The maximum Gasteiger partial charge on any atom is 0.416 e. The lowest BCUT2D eigenvalue weighted by atomic mass is 10.2. The van der Waals surface area contributed by atoms with Gasteiger partial charge in [-0.1, -0.05) is 36.4 Å². The molecule has 0 fully saturated rings. The van der Waals surface area contributed by atoms with Crippen LogP contribution in [-0.4, -0.2) is 34.7 Å². The van der Waals surface area contributed by atoms with Gasteiger partial charge in [0.25, 0.3) is 5.91 Å². The SMILES string of the molecule is COc1cn(-c2cccc(C(F)(F)F)c2)nc1C(=O)N(C)Cc1ccccc1. The predicted octanol–water partition coefficient (Wildman–Crippen LogP) is 4.17. The molecule has 0 bridgehead atoms. The Kier molecular flexibility index (Phi) is 5.39. The molecule has 0 unspecified atom stereocenters. The van der Waals surface area contributed by atoms with E-state index in [1.54, 1.807) is 7.05 Å². The number of alkyl halides is 3.